The number of nitrogens with zero attached hydrogens (tertiary/aromatic N) is 2. The zero-order valence-corrected chi connectivity index (χ0v) is 12.8. The molecule has 108 valence electrons. The van der Waals surface area contributed by atoms with E-state index in [2.05, 4.69) is 37.5 Å². The van der Waals surface area contributed by atoms with Gasteiger partial charge in [-0.05, 0) is 19.4 Å². The predicted molar refractivity (Wildman–Crippen MR) is 76.8 cm³/mol. The van der Waals surface area contributed by atoms with Crippen LogP contribution in [0.2, 0.25) is 0 Å². The van der Waals surface area contributed by atoms with Crippen molar-refractivity contribution >= 4 is 0 Å². The monoisotopic (exact) mass is 257 g/mol. The van der Waals surface area contributed by atoms with Crippen molar-refractivity contribution in [3.8, 4) is 0 Å². The molecule has 2 unspecified atom stereocenters. The Bertz CT molecular complexity index is 247. The highest BCUT2D eigenvalue weighted by Crippen LogP contribution is 2.27. The first-order chi connectivity index (χ1) is 8.51. The van der Waals surface area contributed by atoms with Crippen LogP contribution in [-0.2, 0) is 4.74 Å². The molecule has 1 rings (SSSR count). The molecular weight excluding hydrogens is 226 g/mol. The van der Waals surface area contributed by atoms with Crippen molar-refractivity contribution in [2.75, 3.05) is 46.4 Å². The Labute approximate surface area is 112 Å². The summed E-state index contributed by atoms with van der Waals surface area (Å²) in [6.45, 7) is 14.9. The molecule has 0 aliphatic carbocycles. The van der Waals surface area contributed by atoms with Crippen LogP contribution in [0.3, 0.4) is 0 Å². The number of likely N-dealkylation sites (N-methyl/N-ethyl adjacent to an activating group) is 1. The van der Waals surface area contributed by atoms with E-state index in [9.17, 15) is 0 Å². The Morgan fingerprint density at radius 3 is 2.44 bits per heavy atom. The zero-order valence-electron chi connectivity index (χ0n) is 12.8. The predicted octanol–water partition coefficient (Wildman–Crippen LogP) is 1.01. The molecule has 4 nitrogen and oxygen atoms in total. The van der Waals surface area contributed by atoms with Crippen LogP contribution in [0.1, 0.15) is 27.7 Å². The SMILES string of the molecule is CCN1CCN(C(CN)(COC)C(C)C)CC1C. The molecule has 1 aliphatic heterocycles. The van der Waals surface area contributed by atoms with Gasteiger partial charge in [0.15, 0.2) is 0 Å². The number of methoxy groups -OCH3 is 1. The lowest BCUT2D eigenvalue weighted by Gasteiger charge is -2.51. The molecule has 0 saturated carbocycles. The van der Waals surface area contributed by atoms with Gasteiger partial charge >= 0.3 is 0 Å². The average Bonchev–Trinajstić information content (AvgIpc) is 2.35. The largest absolute Gasteiger partial charge is 0.383 e. The third kappa shape index (κ3) is 3.05. The lowest BCUT2D eigenvalue weighted by Crippen LogP contribution is -2.66. The van der Waals surface area contributed by atoms with Crippen molar-refractivity contribution in [3.63, 3.8) is 0 Å². The third-order valence-electron chi connectivity index (χ3n) is 4.62. The molecule has 0 bridgehead atoms. The van der Waals surface area contributed by atoms with Crippen molar-refractivity contribution in [1.29, 1.82) is 0 Å². The molecule has 1 aliphatic rings. The molecule has 18 heavy (non-hydrogen) atoms. The molecule has 0 aromatic rings. The molecule has 0 radical (unpaired) electrons. The smallest absolute Gasteiger partial charge is 0.0661 e. The van der Waals surface area contributed by atoms with Gasteiger partial charge in [0.1, 0.15) is 0 Å². The third-order valence-corrected chi connectivity index (χ3v) is 4.62. The highest BCUT2D eigenvalue weighted by Gasteiger charge is 2.41. The molecule has 4 heteroatoms. The van der Waals surface area contributed by atoms with E-state index in [4.69, 9.17) is 10.5 Å². The van der Waals surface area contributed by atoms with Gasteiger partial charge in [-0.25, -0.2) is 0 Å². The average molecular weight is 257 g/mol. The van der Waals surface area contributed by atoms with E-state index in [1.165, 1.54) is 0 Å². The van der Waals surface area contributed by atoms with E-state index in [1.807, 2.05) is 0 Å². The summed E-state index contributed by atoms with van der Waals surface area (Å²) in [5.74, 6) is 0.503. The van der Waals surface area contributed by atoms with Gasteiger partial charge in [-0.2, -0.15) is 0 Å². The second kappa shape index (κ2) is 6.85. The van der Waals surface area contributed by atoms with Crippen LogP contribution < -0.4 is 5.73 Å². The van der Waals surface area contributed by atoms with Gasteiger partial charge in [-0.15, -0.1) is 0 Å². The molecule has 0 amide bonds. The molecule has 1 heterocycles. The topological polar surface area (TPSA) is 41.7 Å². The summed E-state index contributed by atoms with van der Waals surface area (Å²) in [5.41, 5.74) is 6.09. The Morgan fingerprint density at radius 1 is 1.39 bits per heavy atom. The number of hydrogen-bond donors (Lipinski definition) is 1. The molecule has 0 spiro atoms. The normalized spacial score (nSPS) is 26.5. The van der Waals surface area contributed by atoms with E-state index in [0.717, 1.165) is 32.8 Å². The van der Waals surface area contributed by atoms with Gasteiger partial charge in [0.25, 0.3) is 0 Å². The van der Waals surface area contributed by atoms with Crippen molar-refractivity contribution in [2.45, 2.75) is 39.3 Å². The van der Waals surface area contributed by atoms with Gasteiger partial charge in [-0.1, -0.05) is 20.8 Å². The van der Waals surface area contributed by atoms with Crippen LogP contribution in [0.4, 0.5) is 0 Å². The van der Waals surface area contributed by atoms with Crippen LogP contribution in [0, 0.1) is 5.92 Å². The molecular formula is C14H31N3O. The minimum absolute atomic E-state index is 0.0111. The Morgan fingerprint density at radius 2 is 2.06 bits per heavy atom. The molecule has 1 saturated heterocycles. The van der Waals surface area contributed by atoms with E-state index in [-0.39, 0.29) is 5.54 Å². The standard InChI is InChI=1S/C14H31N3O/c1-6-16-7-8-17(9-13(16)4)14(10-15,11-18-5)12(2)3/h12-13H,6-11,15H2,1-5H3. The second-order valence-corrected chi connectivity index (χ2v) is 5.82. The lowest BCUT2D eigenvalue weighted by atomic mass is 9.84. The Hall–Kier alpha value is -0.160. The maximum atomic E-state index is 6.10. The second-order valence-electron chi connectivity index (χ2n) is 5.82. The fraction of sp³-hybridized carbons (Fsp3) is 1.00. The Balaban J connectivity index is 2.81. The first-order valence-electron chi connectivity index (χ1n) is 7.20. The zero-order chi connectivity index (χ0) is 13.8. The van der Waals surface area contributed by atoms with E-state index < -0.39 is 0 Å². The summed E-state index contributed by atoms with van der Waals surface area (Å²) in [4.78, 5) is 5.09. The van der Waals surface area contributed by atoms with Crippen LogP contribution in [-0.4, -0.2) is 67.8 Å². The van der Waals surface area contributed by atoms with Gasteiger partial charge in [-0.3, -0.25) is 9.80 Å². The Kier molecular flexibility index (Phi) is 6.05. The van der Waals surface area contributed by atoms with E-state index >= 15 is 0 Å². The minimum Gasteiger partial charge on any atom is -0.383 e. The number of ether oxygens (including phenoxy) is 1. The fourth-order valence-corrected chi connectivity index (χ4v) is 3.17. The summed E-state index contributed by atoms with van der Waals surface area (Å²) in [5, 5.41) is 0. The number of nitrogens with two attached hydrogens (primary N) is 1. The number of piperazine rings is 1. The van der Waals surface area contributed by atoms with Gasteiger partial charge in [0.2, 0.25) is 0 Å². The van der Waals surface area contributed by atoms with Crippen LogP contribution in [0.25, 0.3) is 0 Å². The summed E-state index contributed by atoms with van der Waals surface area (Å²) >= 11 is 0. The van der Waals surface area contributed by atoms with Crippen molar-refractivity contribution in [2.24, 2.45) is 11.7 Å². The summed E-state index contributed by atoms with van der Waals surface area (Å²) in [6, 6.07) is 0.602. The van der Waals surface area contributed by atoms with Crippen LogP contribution in [0.5, 0.6) is 0 Å². The van der Waals surface area contributed by atoms with E-state index in [0.29, 0.717) is 18.5 Å². The fourth-order valence-electron chi connectivity index (χ4n) is 3.17. The lowest BCUT2D eigenvalue weighted by molar-refractivity contribution is -0.0527. The molecule has 2 atom stereocenters. The molecule has 1 fully saturated rings. The summed E-state index contributed by atoms with van der Waals surface area (Å²) < 4.78 is 5.47. The minimum atomic E-state index is -0.0111. The maximum absolute atomic E-state index is 6.10. The van der Waals surface area contributed by atoms with Gasteiger partial charge in [0, 0.05) is 39.3 Å². The number of rotatable bonds is 6. The maximum Gasteiger partial charge on any atom is 0.0661 e. The van der Waals surface area contributed by atoms with E-state index in [1.54, 1.807) is 7.11 Å². The highest BCUT2D eigenvalue weighted by molar-refractivity contribution is 4.98. The van der Waals surface area contributed by atoms with Gasteiger partial charge in [0.05, 0.1) is 12.1 Å². The van der Waals surface area contributed by atoms with Crippen LogP contribution >= 0.6 is 0 Å². The van der Waals surface area contributed by atoms with Crippen molar-refractivity contribution in [1.82, 2.24) is 9.80 Å². The first-order valence-corrected chi connectivity index (χ1v) is 7.20. The molecule has 2 N–H and O–H groups in total. The van der Waals surface area contributed by atoms with Crippen LogP contribution in [0.15, 0.2) is 0 Å². The highest BCUT2D eigenvalue weighted by atomic mass is 16.5. The molecule has 0 aromatic heterocycles. The van der Waals surface area contributed by atoms with Crippen molar-refractivity contribution in [3.05, 3.63) is 0 Å². The van der Waals surface area contributed by atoms with Crippen molar-refractivity contribution < 1.29 is 4.74 Å². The number of hydrogen-bond acceptors (Lipinski definition) is 4. The first kappa shape index (κ1) is 15.9. The molecule has 0 aromatic carbocycles. The quantitative estimate of drug-likeness (QED) is 0.771. The summed E-state index contributed by atoms with van der Waals surface area (Å²) in [6.07, 6.45) is 0. The summed E-state index contributed by atoms with van der Waals surface area (Å²) in [7, 11) is 1.78. The van der Waals surface area contributed by atoms with Gasteiger partial charge < -0.3 is 10.5 Å².